The Morgan fingerprint density at radius 2 is 1.84 bits per heavy atom. The maximum Gasteiger partial charge on any atom is 0.294 e. The van der Waals surface area contributed by atoms with Crippen LogP contribution in [-0.2, 0) is 10.0 Å². The zero-order chi connectivity index (χ0) is 18.0. The van der Waals surface area contributed by atoms with Crippen LogP contribution in [0.3, 0.4) is 0 Å². The molecule has 0 aromatic heterocycles. The molecule has 25 heavy (non-hydrogen) atoms. The van der Waals surface area contributed by atoms with E-state index >= 15 is 0 Å². The van der Waals surface area contributed by atoms with E-state index in [-0.39, 0.29) is 16.3 Å². The number of hydrogen-bond donors (Lipinski definition) is 1. The molecule has 0 atom stereocenters. The van der Waals surface area contributed by atoms with Gasteiger partial charge in [-0.15, -0.1) is 0 Å². The summed E-state index contributed by atoms with van der Waals surface area (Å²) in [5, 5.41) is 14.4. The number of nitrogens with one attached hydrogen (secondary N) is 1. The molecular weight excluding hydrogens is 342 g/mol. The van der Waals surface area contributed by atoms with E-state index in [4.69, 9.17) is 0 Å². The van der Waals surface area contributed by atoms with Gasteiger partial charge in [0.2, 0.25) is 10.0 Å². The zero-order valence-corrected chi connectivity index (χ0v) is 14.6. The van der Waals surface area contributed by atoms with Gasteiger partial charge in [0.25, 0.3) is 5.69 Å². The molecule has 0 bridgehead atoms. The van der Waals surface area contributed by atoms with Crippen LogP contribution in [0.2, 0.25) is 0 Å². The second kappa shape index (κ2) is 6.81. The summed E-state index contributed by atoms with van der Waals surface area (Å²) in [5.41, 5.74) is 1.72. The number of hydrogen-bond acceptors (Lipinski definition) is 5. The average molecular weight is 361 g/mol. The lowest BCUT2D eigenvalue weighted by Gasteiger charge is -2.16. The summed E-state index contributed by atoms with van der Waals surface area (Å²) >= 11 is 0. The van der Waals surface area contributed by atoms with Crippen LogP contribution in [0.15, 0.2) is 47.4 Å². The minimum Gasteiger partial charge on any atom is -0.350 e. The molecule has 132 valence electrons. The quantitative estimate of drug-likeness (QED) is 0.650. The Morgan fingerprint density at radius 3 is 2.48 bits per heavy atom. The smallest absolute Gasteiger partial charge is 0.294 e. The first-order chi connectivity index (χ1) is 11.9. The molecule has 0 amide bonds. The van der Waals surface area contributed by atoms with Gasteiger partial charge in [-0.25, -0.2) is 8.42 Å². The van der Waals surface area contributed by atoms with E-state index in [1.807, 2.05) is 25.1 Å². The van der Waals surface area contributed by atoms with Crippen LogP contribution in [0.1, 0.15) is 18.4 Å². The number of sulfonamides is 1. The van der Waals surface area contributed by atoms with Gasteiger partial charge in [-0.3, -0.25) is 10.1 Å². The summed E-state index contributed by atoms with van der Waals surface area (Å²) in [5.74, 6) is 0. The molecule has 0 aliphatic carbocycles. The largest absolute Gasteiger partial charge is 0.350 e. The Labute approximate surface area is 146 Å². The highest BCUT2D eigenvalue weighted by atomic mass is 32.2. The second-order valence-corrected chi connectivity index (χ2v) is 7.98. The molecule has 1 N–H and O–H groups in total. The Balaban J connectivity index is 1.97. The Kier molecular flexibility index (Phi) is 4.73. The maximum absolute atomic E-state index is 12.6. The van der Waals surface area contributed by atoms with Gasteiger partial charge in [-0.1, -0.05) is 12.1 Å². The molecule has 0 saturated carbocycles. The van der Waals surface area contributed by atoms with E-state index in [0.29, 0.717) is 18.8 Å². The molecule has 1 saturated heterocycles. The predicted molar refractivity (Wildman–Crippen MR) is 95.6 cm³/mol. The van der Waals surface area contributed by atoms with E-state index in [1.54, 1.807) is 6.07 Å². The van der Waals surface area contributed by atoms with E-state index in [2.05, 4.69) is 5.32 Å². The van der Waals surface area contributed by atoms with Gasteiger partial charge in [0.05, 0.1) is 9.82 Å². The summed E-state index contributed by atoms with van der Waals surface area (Å²) in [6.07, 6.45) is 1.63. The van der Waals surface area contributed by atoms with Gasteiger partial charge in [0, 0.05) is 24.8 Å². The van der Waals surface area contributed by atoms with Crippen molar-refractivity contribution in [2.45, 2.75) is 24.7 Å². The van der Waals surface area contributed by atoms with Gasteiger partial charge in [-0.2, -0.15) is 4.31 Å². The van der Waals surface area contributed by atoms with Crippen LogP contribution in [0, 0.1) is 17.0 Å². The average Bonchev–Trinajstić information content (AvgIpc) is 3.10. The highest BCUT2D eigenvalue weighted by Crippen LogP contribution is 2.32. The molecule has 0 spiro atoms. The fraction of sp³-hybridized carbons (Fsp3) is 0.294. The third kappa shape index (κ3) is 3.64. The normalized spacial score (nSPS) is 15.2. The van der Waals surface area contributed by atoms with Crippen LogP contribution in [0.4, 0.5) is 17.1 Å². The van der Waals surface area contributed by atoms with Crippen molar-refractivity contribution >= 4 is 27.1 Å². The monoisotopic (exact) mass is 361 g/mol. The van der Waals surface area contributed by atoms with Gasteiger partial charge in [-0.05, 0) is 49.6 Å². The number of nitro benzene ring substituents is 1. The fourth-order valence-electron chi connectivity index (χ4n) is 2.88. The highest BCUT2D eigenvalue weighted by Gasteiger charge is 2.29. The number of nitro groups is 1. The van der Waals surface area contributed by atoms with Crippen LogP contribution in [0.5, 0.6) is 0 Å². The minimum absolute atomic E-state index is 0.0455. The van der Waals surface area contributed by atoms with Crippen LogP contribution in [0.25, 0.3) is 0 Å². The van der Waals surface area contributed by atoms with Crippen molar-refractivity contribution < 1.29 is 13.3 Å². The van der Waals surface area contributed by atoms with Crippen molar-refractivity contribution in [1.29, 1.82) is 0 Å². The van der Waals surface area contributed by atoms with Crippen molar-refractivity contribution in [3.05, 3.63) is 58.1 Å². The lowest BCUT2D eigenvalue weighted by Crippen LogP contribution is -2.27. The molecule has 7 nitrogen and oxygen atoms in total. The molecule has 0 radical (unpaired) electrons. The molecule has 3 rings (SSSR count). The molecule has 1 aliphatic rings. The molecule has 0 unspecified atom stereocenters. The van der Waals surface area contributed by atoms with Gasteiger partial charge in [0.1, 0.15) is 5.69 Å². The van der Waals surface area contributed by atoms with Crippen LogP contribution < -0.4 is 5.32 Å². The number of aryl methyl sites for hydroxylation is 1. The topological polar surface area (TPSA) is 92.6 Å². The summed E-state index contributed by atoms with van der Waals surface area (Å²) in [7, 11) is -3.69. The summed E-state index contributed by atoms with van der Waals surface area (Å²) in [4.78, 5) is 10.8. The lowest BCUT2D eigenvalue weighted by molar-refractivity contribution is -0.384. The molecule has 2 aromatic carbocycles. The number of nitrogens with zero attached hydrogens (tertiary/aromatic N) is 2. The first-order valence-electron chi connectivity index (χ1n) is 8.00. The van der Waals surface area contributed by atoms with Crippen molar-refractivity contribution in [3.8, 4) is 0 Å². The predicted octanol–water partition coefficient (Wildman–Crippen LogP) is 3.43. The minimum atomic E-state index is -3.69. The number of anilines is 2. The summed E-state index contributed by atoms with van der Waals surface area (Å²) in [6, 6.07) is 11.4. The van der Waals surface area contributed by atoms with E-state index in [9.17, 15) is 18.5 Å². The zero-order valence-electron chi connectivity index (χ0n) is 13.8. The molecule has 1 aliphatic heterocycles. The molecular formula is C17H19N3O4S. The van der Waals surface area contributed by atoms with Gasteiger partial charge in [0.15, 0.2) is 0 Å². The molecule has 8 heteroatoms. The first-order valence-corrected chi connectivity index (χ1v) is 9.44. The molecule has 1 fully saturated rings. The van der Waals surface area contributed by atoms with Crippen molar-refractivity contribution in [1.82, 2.24) is 4.31 Å². The lowest BCUT2D eigenvalue weighted by atomic mass is 10.2. The van der Waals surface area contributed by atoms with Gasteiger partial charge < -0.3 is 5.32 Å². The van der Waals surface area contributed by atoms with Crippen molar-refractivity contribution in [2.24, 2.45) is 0 Å². The molecule has 1 heterocycles. The molecule has 2 aromatic rings. The fourth-order valence-corrected chi connectivity index (χ4v) is 4.42. The Morgan fingerprint density at radius 1 is 1.12 bits per heavy atom. The summed E-state index contributed by atoms with van der Waals surface area (Å²) < 4.78 is 26.6. The summed E-state index contributed by atoms with van der Waals surface area (Å²) in [6.45, 7) is 2.84. The van der Waals surface area contributed by atoms with Crippen LogP contribution >= 0.6 is 0 Å². The Hall–Kier alpha value is -2.45. The first kappa shape index (κ1) is 17.4. The van der Waals surface area contributed by atoms with Crippen molar-refractivity contribution in [3.63, 3.8) is 0 Å². The van der Waals surface area contributed by atoms with E-state index < -0.39 is 14.9 Å². The third-order valence-electron chi connectivity index (χ3n) is 4.17. The maximum atomic E-state index is 12.6. The van der Waals surface area contributed by atoms with Crippen LogP contribution in [-0.4, -0.2) is 30.7 Å². The van der Waals surface area contributed by atoms with E-state index in [0.717, 1.165) is 24.5 Å². The van der Waals surface area contributed by atoms with Gasteiger partial charge >= 0.3 is 0 Å². The van der Waals surface area contributed by atoms with Crippen molar-refractivity contribution in [2.75, 3.05) is 18.4 Å². The SMILES string of the molecule is Cc1cccc(Nc2ccc(S(=O)(=O)N3CCCC3)cc2[N+](=O)[O-])c1. The standard InChI is InChI=1S/C17H19N3O4S/c1-13-5-4-6-14(11-13)18-16-8-7-15(12-17(16)20(21)22)25(23,24)19-9-2-3-10-19/h4-8,11-12,18H,2-3,9-10H2,1H3. The number of benzene rings is 2. The third-order valence-corrected chi connectivity index (χ3v) is 6.06. The number of rotatable bonds is 5. The second-order valence-electron chi connectivity index (χ2n) is 6.04. The highest BCUT2D eigenvalue weighted by molar-refractivity contribution is 7.89. The van der Waals surface area contributed by atoms with E-state index in [1.165, 1.54) is 16.4 Å². The Bertz CT molecular complexity index is 906.